The van der Waals surface area contributed by atoms with E-state index in [4.69, 9.17) is 21.3 Å². The first-order chi connectivity index (χ1) is 14.4. The predicted octanol–water partition coefficient (Wildman–Crippen LogP) is 5.98. The van der Waals surface area contributed by atoms with Gasteiger partial charge in [0.05, 0.1) is 28.1 Å². The summed E-state index contributed by atoms with van der Waals surface area (Å²) in [6, 6.07) is 13.8. The van der Waals surface area contributed by atoms with Gasteiger partial charge in [-0.15, -0.1) is 11.8 Å². The quantitative estimate of drug-likeness (QED) is 0.355. The van der Waals surface area contributed by atoms with E-state index < -0.39 is 0 Å². The van der Waals surface area contributed by atoms with Gasteiger partial charge in [0.1, 0.15) is 16.3 Å². The Bertz CT molecular complexity index is 1310. The number of hydrogen-bond acceptors (Lipinski definition) is 6. The van der Waals surface area contributed by atoms with Crippen LogP contribution in [-0.4, -0.2) is 28.2 Å². The number of benzene rings is 2. The summed E-state index contributed by atoms with van der Waals surface area (Å²) in [6.07, 6.45) is 0. The third kappa shape index (κ3) is 3.21. The van der Waals surface area contributed by atoms with Crippen molar-refractivity contribution < 1.29 is 9.53 Å². The van der Waals surface area contributed by atoms with Crippen LogP contribution in [0.1, 0.15) is 23.4 Å². The predicted molar refractivity (Wildman–Crippen MR) is 125 cm³/mol. The van der Waals surface area contributed by atoms with Crippen molar-refractivity contribution in [2.75, 3.05) is 12.0 Å². The maximum atomic E-state index is 13.1. The average Bonchev–Trinajstić information content (AvgIpc) is 3.27. The van der Waals surface area contributed by atoms with Crippen molar-refractivity contribution in [1.29, 1.82) is 0 Å². The number of ether oxygens (including phenoxy) is 1. The summed E-state index contributed by atoms with van der Waals surface area (Å²) in [7, 11) is 1.64. The number of aromatic nitrogens is 2. The first-order valence-corrected chi connectivity index (χ1v) is 11.6. The number of nitrogens with zero attached hydrogens (tertiary/aromatic N) is 3. The van der Waals surface area contributed by atoms with E-state index in [2.05, 4.69) is 11.1 Å². The molecule has 8 heteroatoms. The normalized spacial score (nSPS) is 19.2. The Balaban J connectivity index is 1.63. The maximum absolute atomic E-state index is 13.1. The van der Waals surface area contributed by atoms with Gasteiger partial charge in [0.2, 0.25) is 5.91 Å². The smallest absolute Gasteiger partial charge is 0.242 e. The van der Waals surface area contributed by atoms with Crippen LogP contribution < -0.4 is 9.64 Å². The Morgan fingerprint density at radius 3 is 2.70 bits per heavy atom. The van der Waals surface area contributed by atoms with E-state index in [0.29, 0.717) is 10.3 Å². The minimum Gasteiger partial charge on any atom is -0.497 e. The van der Waals surface area contributed by atoms with Gasteiger partial charge < -0.3 is 4.74 Å². The number of anilines is 1. The van der Waals surface area contributed by atoms with E-state index in [1.807, 2.05) is 50.2 Å². The van der Waals surface area contributed by atoms with Gasteiger partial charge in [0.15, 0.2) is 5.13 Å². The van der Waals surface area contributed by atoms with Crippen molar-refractivity contribution in [3.05, 3.63) is 58.7 Å². The van der Waals surface area contributed by atoms with Crippen LogP contribution in [0.3, 0.4) is 0 Å². The minimum absolute atomic E-state index is 0.0245. The number of aryl methyl sites for hydroxylation is 1. The number of hydrogen-bond donors (Lipinski definition) is 0. The van der Waals surface area contributed by atoms with Gasteiger partial charge in [-0.25, -0.2) is 9.97 Å². The van der Waals surface area contributed by atoms with E-state index in [-0.39, 0.29) is 16.5 Å². The molecular weight excluding hydrogens is 438 g/mol. The maximum Gasteiger partial charge on any atom is 0.242 e. The van der Waals surface area contributed by atoms with E-state index >= 15 is 0 Å². The lowest BCUT2D eigenvalue weighted by Gasteiger charge is -2.22. The highest BCUT2D eigenvalue weighted by Gasteiger charge is 2.42. The van der Waals surface area contributed by atoms with Crippen molar-refractivity contribution in [3.63, 3.8) is 0 Å². The molecule has 152 valence electrons. The summed E-state index contributed by atoms with van der Waals surface area (Å²) in [5.74, 6) is 0.790. The number of amides is 1. The van der Waals surface area contributed by atoms with Crippen LogP contribution in [-0.2, 0) is 4.79 Å². The van der Waals surface area contributed by atoms with Gasteiger partial charge in [-0.1, -0.05) is 34.6 Å². The molecule has 0 aliphatic carbocycles. The molecule has 1 saturated heterocycles. The fourth-order valence-corrected chi connectivity index (χ4v) is 6.29. The van der Waals surface area contributed by atoms with Crippen LogP contribution in [0.25, 0.3) is 21.1 Å². The van der Waals surface area contributed by atoms with Gasteiger partial charge in [0, 0.05) is 10.9 Å². The molecule has 1 fully saturated rings. The summed E-state index contributed by atoms with van der Waals surface area (Å²) in [4.78, 5) is 24.2. The Labute approximate surface area is 187 Å². The standard InChI is InChI=1S/C22H18ClN3O2S2/c1-11-4-6-16-13(8-11)9-15(19(23)24-16)21-26(20(27)12(2)29-21)22-25-17-7-5-14(28-3)10-18(17)30-22/h4-10,12,21H,1-3H3. The van der Waals surface area contributed by atoms with Gasteiger partial charge in [0.25, 0.3) is 0 Å². The molecule has 30 heavy (non-hydrogen) atoms. The van der Waals surface area contributed by atoms with Gasteiger partial charge in [-0.3, -0.25) is 9.69 Å². The molecule has 2 atom stereocenters. The van der Waals surface area contributed by atoms with Crippen LogP contribution >= 0.6 is 34.7 Å². The number of halogens is 1. The summed E-state index contributed by atoms with van der Waals surface area (Å²) in [5, 5.41) is 1.61. The summed E-state index contributed by atoms with van der Waals surface area (Å²) < 4.78 is 6.29. The minimum atomic E-state index is -0.278. The highest BCUT2D eigenvalue weighted by Crippen LogP contribution is 2.49. The monoisotopic (exact) mass is 455 g/mol. The molecule has 0 N–H and O–H groups in total. The Morgan fingerprint density at radius 1 is 1.10 bits per heavy atom. The summed E-state index contributed by atoms with van der Waals surface area (Å²) in [5.41, 5.74) is 3.66. The first kappa shape index (κ1) is 19.6. The van der Waals surface area contributed by atoms with Gasteiger partial charge in [-0.2, -0.15) is 0 Å². The Kier molecular flexibility index (Phi) is 4.84. The number of rotatable bonds is 3. The number of methoxy groups -OCH3 is 1. The molecule has 5 rings (SSSR count). The zero-order valence-electron chi connectivity index (χ0n) is 16.5. The number of fused-ring (bicyclic) bond motifs is 2. The largest absolute Gasteiger partial charge is 0.497 e. The zero-order chi connectivity index (χ0) is 21.0. The lowest BCUT2D eigenvalue weighted by molar-refractivity contribution is -0.117. The molecule has 2 aromatic carbocycles. The second kappa shape index (κ2) is 7.41. The second-order valence-corrected chi connectivity index (χ2v) is 10.0. The molecule has 3 heterocycles. The third-order valence-electron chi connectivity index (χ3n) is 5.16. The molecule has 1 aliphatic rings. The van der Waals surface area contributed by atoms with Crippen LogP contribution in [0.5, 0.6) is 5.75 Å². The van der Waals surface area contributed by atoms with E-state index in [9.17, 15) is 4.79 Å². The first-order valence-electron chi connectivity index (χ1n) is 9.44. The van der Waals surface area contributed by atoms with Crippen molar-refractivity contribution in [3.8, 4) is 5.75 Å². The highest BCUT2D eigenvalue weighted by atomic mass is 35.5. The van der Waals surface area contributed by atoms with Crippen LogP contribution in [0.15, 0.2) is 42.5 Å². The van der Waals surface area contributed by atoms with Crippen molar-refractivity contribution in [2.45, 2.75) is 24.5 Å². The third-order valence-corrected chi connectivity index (χ3v) is 7.81. The molecular formula is C22H18ClN3O2S2. The fourth-order valence-electron chi connectivity index (χ4n) is 3.62. The molecule has 0 saturated carbocycles. The number of thiazole rings is 1. The van der Waals surface area contributed by atoms with E-state index in [0.717, 1.165) is 38.0 Å². The van der Waals surface area contributed by atoms with Crippen molar-refractivity contribution in [1.82, 2.24) is 9.97 Å². The highest BCUT2D eigenvalue weighted by molar-refractivity contribution is 8.01. The molecule has 0 bridgehead atoms. The number of carbonyl (C=O) groups is 1. The van der Waals surface area contributed by atoms with Crippen molar-refractivity contribution >= 4 is 66.9 Å². The van der Waals surface area contributed by atoms with Gasteiger partial charge in [-0.05, 0) is 50.2 Å². The van der Waals surface area contributed by atoms with Crippen LogP contribution in [0.4, 0.5) is 5.13 Å². The Hall–Kier alpha value is -2.35. The number of carbonyl (C=O) groups excluding carboxylic acids is 1. The molecule has 5 nitrogen and oxygen atoms in total. The van der Waals surface area contributed by atoms with Crippen molar-refractivity contribution in [2.24, 2.45) is 0 Å². The second-order valence-electron chi connectivity index (χ2n) is 7.23. The SMILES string of the molecule is COc1ccc2nc(N3C(=O)C(C)SC3c3cc4cc(C)ccc4nc3Cl)sc2c1. The summed E-state index contributed by atoms with van der Waals surface area (Å²) >= 11 is 9.64. The van der Waals surface area contributed by atoms with E-state index in [1.165, 1.54) is 11.3 Å². The Morgan fingerprint density at radius 2 is 1.90 bits per heavy atom. The molecule has 1 aliphatic heterocycles. The molecule has 4 aromatic rings. The summed E-state index contributed by atoms with van der Waals surface area (Å²) in [6.45, 7) is 3.97. The average molecular weight is 456 g/mol. The number of pyridine rings is 1. The zero-order valence-corrected chi connectivity index (χ0v) is 18.9. The van der Waals surface area contributed by atoms with Crippen LogP contribution in [0, 0.1) is 6.92 Å². The fraction of sp³-hybridized carbons (Fsp3) is 0.227. The molecule has 0 spiro atoms. The molecule has 1 amide bonds. The lowest BCUT2D eigenvalue weighted by Crippen LogP contribution is -2.30. The number of thioether (sulfide) groups is 1. The van der Waals surface area contributed by atoms with Gasteiger partial charge >= 0.3 is 0 Å². The topological polar surface area (TPSA) is 55.3 Å². The van der Waals surface area contributed by atoms with E-state index in [1.54, 1.807) is 23.8 Å². The van der Waals surface area contributed by atoms with Crippen LogP contribution in [0.2, 0.25) is 5.15 Å². The lowest BCUT2D eigenvalue weighted by atomic mass is 10.1. The molecule has 2 unspecified atom stereocenters. The molecule has 2 aromatic heterocycles. The molecule has 0 radical (unpaired) electrons.